The first-order valence-corrected chi connectivity index (χ1v) is 8.01. The van der Waals surface area contributed by atoms with Crippen molar-refractivity contribution >= 4 is 21.9 Å². The molecule has 0 radical (unpaired) electrons. The molecule has 0 amide bonds. The quantitative estimate of drug-likeness (QED) is 0.502. The first-order valence-electron chi connectivity index (χ1n) is 8.01. The highest BCUT2D eigenvalue weighted by Crippen LogP contribution is 2.25. The molecule has 0 aliphatic heterocycles. The molecule has 4 aromatic rings. The standard InChI is InChI=1S/C19H17N3O3/c1-11-2-4-14-13(8-11)17-18(21-14)19(25)22(10-20-17)7-6-12-3-5-15(23)16(24)9-12/h2-5,8-10,21,23-24H,6-7H2,1H3. The van der Waals surface area contributed by atoms with E-state index in [0.29, 0.717) is 24.0 Å². The third kappa shape index (κ3) is 2.61. The maximum absolute atomic E-state index is 12.7. The summed E-state index contributed by atoms with van der Waals surface area (Å²) in [5.41, 5.74) is 3.90. The van der Waals surface area contributed by atoms with Crippen molar-refractivity contribution in [3.63, 3.8) is 0 Å². The maximum atomic E-state index is 12.7. The zero-order valence-electron chi connectivity index (χ0n) is 13.7. The number of fused-ring (bicyclic) bond motifs is 3. The van der Waals surface area contributed by atoms with Crippen LogP contribution < -0.4 is 5.56 Å². The Morgan fingerprint density at radius 3 is 2.76 bits per heavy atom. The van der Waals surface area contributed by atoms with E-state index in [1.807, 2.05) is 25.1 Å². The number of aromatic hydroxyl groups is 2. The van der Waals surface area contributed by atoms with Crippen molar-refractivity contribution in [2.24, 2.45) is 0 Å². The third-order valence-electron chi connectivity index (χ3n) is 4.41. The van der Waals surface area contributed by atoms with Crippen LogP contribution in [0.1, 0.15) is 11.1 Å². The largest absolute Gasteiger partial charge is 0.504 e. The maximum Gasteiger partial charge on any atom is 0.277 e. The Balaban J connectivity index is 1.70. The first-order chi connectivity index (χ1) is 12.0. The highest BCUT2D eigenvalue weighted by atomic mass is 16.3. The summed E-state index contributed by atoms with van der Waals surface area (Å²) in [6.07, 6.45) is 2.10. The summed E-state index contributed by atoms with van der Waals surface area (Å²) >= 11 is 0. The van der Waals surface area contributed by atoms with Crippen LogP contribution in [-0.2, 0) is 13.0 Å². The van der Waals surface area contributed by atoms with E-state index in [9.17, 15) is 15.0 Å². The van der Waals surface area contributed by atoms with Crippen LogP contribution in [0.5, 0.6) is 11.5 Å². The Kier molecular flexibility index (Phi) is 3.46. The molecular weight excluding hydrogens is 318 g/mol. The minimum atomic E-state index is -0.163. The fourth-order valence-corrected chi connectivity index (χ4v) is 3.04. The number of hydrogen-bond acceptors (Lipinski definition) is 4. The summed E-state index contributed by atoms with van der Waals surface area (Å²) in [6.45, 7) is 2.44. The van der Waals surface area contributed by atoms with Gasteiger partial charge in [0, 0.05) is 17.4 Å². The van der Waals surface area contributed by atoms with Crippen molar-refractivity contribution in [2.45, 2.75) is 19.9 Å². The number of rotatable bonds is 3. The molecule has 0 saturated carbocycles. The molecule has 2 aromatic heterocycles. The number of nitrogens with one attached hydrogen (secondary N) is 1. The van der Waals surface area contributed by atoms with Gasteiger partial charge in [-0.25, -0.2) is 4.98 Å². The van der Waals surface area contributed by atoms with Crippen molar-refractivity contribution < 1.29 is 10.2 Å². The molecule has 0 fully saturated rings. The Labute approximate surface area is 143 Å². The zero-order chi connectivity index (χ0) is 17.6. The second kappa shape index (κ2) is 5.66. The zero-order valence-corrected chi connectivity index (χ0v) is 13.7. The topological polar surface area (TPSA) is 91.1 Å². The van der Waals surface area contributed by atoms with Crippen LogP contribution in [0.4, 0.5) is 0 Å². The lowest BCUT2D eigenvalue weighted by Crippen LogP contribution is -2.21. The summed E-state index contributed by atoms with van der Waals surface area (Å²) in [5.74, 6) is -0.318. The molecule has 3 N–H and O–H groups in total. The van der Waals surface area contributed by atoms with Gasteiger partial charge in [0.25, 0.3) is 5.56 Å². The summed E-state index contributed by atoms with van der Waals surface area (Å²) in [7, 11) is 0. The van der Waals surface area contributed by atoms with Crippen LogP contribution >= 0.6 is 0 Å². The van der Waals surface area contributed by atoms with Gasteiger partial charge in [-0.2, -0.15) is 0 Å². The Morgan fingerprint density at radius 1 is 1.12 bits per heavy atom. The Hall–Kier alpha value is -3.28. The van der Waals surface area contributed by atoms with E-state index in [-0.39, 0.29) is 17.1 Å². The van der Waals surface area contributed by atoms with Crippen molar-refractivity contribution in [1.29, 1.82) is 0 Å². The van der Waals surface area contributed by atoms with Gasteiger partial charge < -0.3 is 15.2 Å². The van der Waals surface area contributed by atoms with Crippen molar-refractivity contribution in [3.05, 3.63) is 64.2 Å². The van der Waals surface area contributed by atoms with E-state index in [1.54, 1.807) is 17.0 Å². The average molecular weight is 335 g/mol. The highest BCUT2D eigenvalue weighted by Gasteiger charge is 2.11. The van der Waals surface area contributed by atoms with Gasteiger partial charge in [-0.15, -0.1) is 0 Å². The molecule has 2 aromatic carbocycles. The average Bonchev–Trinajstić information content (AvgIpc) is 2.96. The number of H-pyrrole nitrogens is 1. The van der Waals surface area contributed by atoms with E-state index in [4.69, 9.17) is 0 Å². The smallest absolute Gasteiger partial charge is 0.277 e. The van der Waals surface area contributed by atoms with E-state index in [1.165, 1.54) is 12.1 Å². The molecule has 0 aliphatic rings. The van der Waals surface area contributed by atoms with E-state index < -0.39 is 0 Å². The van der Waals surface area contributed by atoms with Crippen LogP contribution in [0.15, 0.2) is 47.5 Å². The number of phenolic OH excluding ortho intramolecular Hbond substituents is 2. The summed E-state index contributed by atoms with van der Waals surface area (Å²) < 4.78 is 1.55. The molecule has 0 spiro atoms. The predicted octanol–water partition coefficient (Wildman–Crippen LogP) is 2.84. The van der Waals surface area contributed by atoms with Gasteiger partial charge in [0.1, 0.15) is 11.0 Å². The van der Waals surface area contributed by atoms with Crippen molar-refractivity contribution in [3.8, 4) is 11.5 Å². The van der Waals surface area contributed by atoms with Gasteiger partial charge in [-0.05, 0) is 43.2 Å². The number of aryl methyl sites for hydroxylation is 3. The van der Waals surface area contributed by atoms with Crippen LogP contribution in [0, 0.1) is 6.92 Å². The lowest BCUT2D eigenvalue weighted by atomic mass is 10.1. The second-order valence-corrected chi connectivity index (χ2v) is 6.21. The predicted molar refractivity (Wildman–Crippen MR) is 96.1 cm³/mol. The van der Waals surface area contributed by atoms with E-state index in [0.717, 1.165) is 22.0 Å². The fraction of sp³-hybridized carbons (Fsp3) is 0.158. The highest BCUT2D eigenvalue weighted by molar-refractivity contribution is 6.04. The van der Waals surface area contributed by atoms with Gasteiger partial charge in [0.05, 0.1) is 6.33 Å². The number of nitrogens with zero attached hydrogens (tertiary/aromatic N) is 2. The number of benzene rings is 2. The van der Waals surface area contributed by atoms with Gasteiger partial charge in [0.15, 0.2) is 11.5 Å². The molecule has 126 valence electrons. The molecule has 4 rings (SSSR count). The molecule has 25 heavy (non-hydrogen) atoms. The number of aromatic amines is 1. The summed E-state index contributed by atoms with van der Waals surface area (Å²) in [4.78, 5) is 20.3. The number of phenols is 2. The molecule has 6 heteroatoms. The SMILES string of the molecule is Cc1ccc2[nH]c3c(=O)n(CCc4ccc(O)c(O)c4)cnc3c2c1. The summed E-state index contributed by atoms with van der Waals surface area (Å²) in [5, 5.41) is 19.9. The molecule has 0 unspecified atom stereocenters. The van der Waals surface area contributed by atoms with Crippen LogP contribution in [0.3, 0.4) is 0 Å². The minimum Gasteiger partial charge on any atom is -0.504 e. The number of hydrogen-bond donors (Lipinski definition) is 3. The molecule has 0 aliphatic carbocycles. The van der Waals surface area contributed by atoms with Crippen molar-refractivity contribution in [1.82, 2.24) is 14.5 Å². The van der Waals surface area contributed by atoms with Crippen LogP contribution in [-0.4, -0.2) is 24.7 Å². The van der Waals surface area contributed by atoms with Crippen LogP contribution in [0.25, 0.3) is 21.9 Å². The van der Waals surface area contributed by atoms with Gasteiger partial charge in [0.2, 0.25) is 0 Å². The summed E-state index contributed by atoms with van der Waals surface area (Å²) in [6, 6.07) is 10.6. The molecule has 0 saturated heterocycles. The third-order valence-corrected chi connectivity index (χ3v) is 4.41. The monoisotopic (exact) mass is 335 g/mol. The lowest BCUT2D eigenvalue weighted by molar-refractivity contribution is 0.403. The first kappa shape index (κ1) is 15.3. The molecular formula is C19H17N3O3. The van der Waals surface area contributed by atoms with Gasteiger partial charge in [-0.1, -0.05) is 17.7 Å². The normalized spacial score (nSPS) is 11.4. The fourth-order valence-electron chi connectivity index (χ4n) is 3.04. The van der Waals surface area contributed by atoms with Gasteiger partial charge in [-0.3, -0.25) is 9.36 Å². The van der Waals surface area contributed by atoms with Gasteiger partial charge >= 0.3 is 0 Å². The van der Waals surface area contributed by atoms with E-state index >= 15 is 0 Å². The van der Waals surface area contributed by atoms with E-state index in [2.05, 4.69) is 9.97 Å². The molecule has 0 bridgehead atoms. The lowest BCUT2D eigenvalue weighted by Gasteiger charge is -2.06. The molecule has 2 heterocycles. The Morgan fingerprint density at radius 2 is 1.96 bits per heavy atom. The molecule has 0 atom stereocenters. The number of aromatic nitrogens is 3. The van der Waals surface area contributed by atoms with Crippen LogP contribution in [0.2, 0.25) is 0 Å². The minimum absolute atomic E-state index is 0.123. The van der Waals surface area contributed by atoms with Crippen molar-refractivity contribution in [2.75, 3.05) is 0 Å². The second-order valence-electron chi connectivity index (χ2n) is 6.21. The molecule has 6 nitrogen and oxygen atoms in total. The Bertz CT molecular complexity index is 1160.